The van der Waals surface area contributed by atoms with Gasteiger partial charge in [-0.1, -0.05) is 17.3 Å². The second-order valence-electron chi connectivity index (χ2n) is 6.36. The molecule has 0 saturated carbocycles. The average Bonchev–Trinajstić information content (AvgIpc) is 3.14. The Morgan fingerprint density at radius 1 is 1.11 bits per heavy atom. The summed E-state index contributed by atoms with van der Waals surface area (Å²) < 4.78 is 18.1. The molecule has 0 fully saturated rings. The number of rotatable bonds is 7. The first-order valence-electron chi connectivity index (χ1n) is 8.63. The normalized spacial score (nSPS) is 10.6. The fraction of sp³-hybridized carbons (Fsp3) is 0.250. The van der Waals surface area contributed by atoms with Gasteiger partial charge in [0, 0.05) is 44.7 Å². The zero-order chi connectivity index (χ0) is 19.2. The molecule has 0 bridgehead atoms. The minimum atomic E-state index is -0.324. The van der Waals surface area contributed by atoms with Crippen molar-refractivity contribution < 1.29 is 13.7 Å². The maximum absolute atomic E-state index is 13.0. The average molecular weight is 368 g/mol. The minimum absolute atomic E-state index is 0.0896. The molecule has 0 saturated heterocycles. The van der Waals surface area contributed by atoms with Gasteiger partial charge in [0.15, 0.2) is 0 Å². The molecule has 0 aliphatic heterocycles. The molecule has 1 N–H and O–H groups in total. The Morgan fingerprint density at radius 2 is 1.81 bits per heavy atom. The van der Waals surface area contributed by atoms with Gasteiger partial charge in [-0.2, -0.15) is 4.98 Å². The maximum Gasteiger partial charge on any atom is 0.227 e. The number of aryl methyl sites for hydroxylation is 1. The van der Waals surface area contributed by atoms with E-state index in [1.807, 2.05) is 43.3 Å². The molecule has 0 aliphatic carbocycles. The Labute approximate surface area is 157 Å². The first kappa shape index (κ1) is 18.6. The van der Waals surface area contributed by atoms with Gasteiger partial charge in [0.05, 0.1) is 0 Å². The molecule has 7 heteroatoms. The first-order valence-corrected chi connectivity index (χ1v) is 8.63. The number of carbonyl (C=O) groups excluding carboxylic acids is 1. The van der Waals surface area contributed by atoms with E-state index in [-0.39, 0.29) is 18.1 Å². The van der Waals surface area contributed by atoms with Gasteiger partial charge >= 0.3 is 0 Å². The minimum Gasteiger partial charge on any atom is -0.378 e. The molecule has 27 heavy (non-hydrogen) atoms. The van der Waals surface area contributed by atoms with Crippen molar-refractivity contribution in [2.75, 3.05) is 19.0 Å². The number of anilines is 1. The molecule has 2 aromatic carbocycles. The fourth-order valence-electron chi connectivity index (χ4n) is 2.49. The molecule has 3 rings (SSSR count). The summed E-state index contributed by atoms with van der Waals surface area (Å²) in [6.45, 7) is 0.469. The molecule has 0 aliphatic rings. The van der Waals surface area contributed by atoms with E-state index in [1.54, 1.807) is 12.1 Å². The van der Waals surface area contributed by atoms with Crippen molar-refractivity contribution in [2.45, 2.75) is 19.4 Å². The van der Waals surface area contributed by atoms with Gasteiger partial charge in [-0.25, -0.2) is 4.39 Å². The lowest BCUT2D eigenvalue weighted by Crippen LogP contribution is -2.23. The molecule has 0 unspecified atom stereocenters. The number of hydrogen-bond donors (Lipinski definition) is 1. The zero-order valence-electron chi connectivity index (χ0n) is 15.3. The Morgan fingerprint density at radius 3 is 2.48 bits per heavy atom. The first-order chi connectivity index (χ1) is 13.0. The lowest BCUT2D eigenvalue weighted by atomic mass is 10.2. The second-order valence-corrected chi connectivity index (χ2v) is 6.36. The summed E-state index contributed by atoms with van der Waals surface area (Å²) in [5, 5.41) is 6.74. The summed E-state index contributed by atoms with van der Waals surface area (Å²) in [4.78, 5) is 18.3. The molecular weight excluding hydrogens is 347 g/mol. The lowest BCUT2D eigenvalue weighted by Gasteiger charge is -2.12. The highest BCUT2D eigenvalue weighted by Gasteiger charge is 2.11. The van der Waals surface area contributed by atoms with Crippen LogP contribution < -0.4 is 10.2 Å². The van der Waals surface area contributed by atoms with Crippen LogP contribution in [0.3, 0.4) is 0 Å². The van der Waals surface area contributed by atoms with Crippen LogP contribution in [0.5, 0.6) is 0 Å². The Hall–Kier alpha value is -3.22. The third kappa shape index (κ3) is 5.13. The highest BCUT2D eigenvalue weighted by molar-refractivity contribution is 5.76. The standard InChI is InChI=1S/C20H21FN4O2/c1-25(2)17-9-3-14(4-10-17)13-22-18(26)11-12-19-23-20(24-27-19)15-5-7-16(21)8-6-15/h3-10H,11-13H2,1-2H3,(H,22,26). The highest BCUT2D eigenvalue weighted by Crippen LogP contribution is 2.16. The molecule has 3 aromatic rings. The van der Waals surface area contributed by atoms with Gasteiger partial charge < -0.3 is 14.7 Å². The molecule has 0 atom stereocenters. The van der Waals surface area contributed by atoms with Crippen LogP contribution in [0.1, 0.15) is 17.9 Å². The van der Waals surface area contributed by atoms with Crippen LogP contribution in [0.4, 0.5) is 10.1 Å². The molecular formula is C20H21FN4O2. The summed E-state index contributed by atoms with van der Waals surface area (Å²) in [6, 6.07) is 13.8. The van der Waals surface area contributed by atoms with Crippen molar-refractivity contribution in [3.8, 4) is 11.4 Å². The molecule has 1 heterocycles. The summed E-state index contributed by atoms with van der Waals surface area (Å²) in [5.74, 6) is 0.343. The van der Waals surface area contributed by atoms with Crippen molar-refractivity contribution in [1.82, 2.24) is 15.5 Å². The van der Waals surface area contributed by atoms with Gasteiger partial charge in [0.1, 0.15) is 5.82 Å². The van der Waals surface area contributed by atoms with Crippen molar-refractivity contribution >= 4 is 11.6 Å². The molecule has 6 nitrogen and oxygen atoms in total. The third-order valence-corrected chi connectivity index (χ3v) is 4.08. The highest BCUT2D eigenvalue weighted by atomic mass is 19.1. The Bertz CT molecular complexity index is 889. The van der Waals surface area contributed by atoms with E-state index in [4.69, 9.17) is 4.52 Å². The predicted molar refractivity (Wildman–Crippen MR) is 101 cm³/mol. The molecule has 1 amide bonds. The van der Waals surface area contributed by atoms with Gasteiger partial charge in [-0.15, -0.1) is 0 Å². The van der Waals surface area contributed by atoms with Crippen LogP contribution in [0.25, 0.3) is 11.4 Å². The van der Waals surface area contributed by atoms with E-state index in [1.165, 1.54) is 12.1 Å². The van der Waals surface area contributed by atoms with E-state index >= 15 is 0 Å². The van der Waals surface area contributed by atoms with Crippen molar-refractivity contribution in [3.63, 3.8) is 0 Å². The third-order valence-electron chi connectivity index (χ3n) is 4.08. The fourth-order valence-corrected chi connectivity index (χ4v) is 2.49. The van der Waals surface area contributed by atoms with E-state index in [9.17, 15) is 9.18 Å². The van der Waals surface area contributed by atoms with Crippen LogP contribution in [-0.4, -0.2) is 30.1 Å². The van der Waals surface area contributed by atoms with Crippen LogP contribution in [-0.2, 0) is 17.8 Å². The van der Waals surface area contributed by atoms with E-state index < -0.39 is 0 Å². The Balaban J connectivity index is 1.47. The largest absolute Gasteiger partial charge is 0.378 e. The van der Waals surface area contributed by atoms with E-state index in [2.05, 4.69) is 15.5 Å². The molecule has 1 aromatic heterocycles. The van der Waals surface area contributed by atoms with Gasteiger partial charge in [-0.3, -0.25) is 4.79 Å². The maximum atomic E-state index is 13.0. The summed E-state index contributed by atoms with van der Waals surface area (Å²) in [6.07, 6.45) is 0.598. The second kappa shape index (κ2) is 8.44. The summed E-state index contributed by atoms with van der Waals surface area (Å²) in [5.41, 5.74) is 2.81. The number of aromatic nitrogens is 2. The number of carbonyl (C=O) groups is 1. The number of benzene rings is 2. The number of amides is 1. The van der Waals surface area contributed by atoms with Crippen LogP contribution in [0, 0.1) is 5.82 Å². The van der Waals surface area contributed by atoms with E-state index in [0.717, 1.165) is 11.3 Å². The quantitative estimate of drug-likeness (QED) is 0.693. The van der Waals surface area contributed by atoms with Crippen LogP contribution in [0.2, 0.25) is 0 Å². The van der Waals surface area contributed by atoms with Gasteiger partial charge in [0.25, 0.3) is 0 Å². The lowest BCUT2D eigenvalue weighted by molar-refractivity contribution is -0.121. The topological polar surface area (TPSA) is 71.3 Å². The number of halogens is 1. The van der Waals surface area contributed by atoms with Crippen LogP contribution >= 0.6 is 0 Å². The summed E-state index contributed by atoms with van der Waals surface area (Å²) >= 11 is 0. The smallest absolute Gasteiger partial charge is 0.227 e. The predicted octanol–water partition coefficient (Wildman–Crippen LogP) is 3.19. The van der Waals surface area contributed by atoms with Gasteiger partial charge in [0.2, 0.25) is 17.6 Å². The van der Waals surface area contributed by atoms with Gasteiger partial charge in [-0.05, 0) is 42.0 Å². The number of nitrogens with one attached hydrogen (secondary N) is 1. The van der Waals surface area contributed by atoms with Crippen LogP contribution in [0.15, 0.2) is 53.1 Å². The van der Waals surface area contributed by atoms with Crippen molar-refractivity contribution in [1.29, 1.82) is 0 Å². The number of hydrogen-bond acceptors (Lipinski definition) is 5. The van der Waals surface area contributed by atoms with Crippen molar-refractivity contribution in [2.24, 2.45) is 0 Å². The molecule has 140 valence electrons. The summed E-state index contributed by atoms with van der Waals surface area (Å²) in [7, 11) is 3.96. The Kier molecular flexibility index (Phi) is 5.80. The number of nitrogens with zero attached hydrogens (tertiary/aromatic N) is 3. The monoisotopic (exact) mass is 368 g/mol. The van der Waals surface area contributed by atoms with Crippen molar-refractivity contribution in [3.05, 3.63) is 65.8 Å². The molecule has 0 spiro atoms. The zero-order valence-corrected chi connectivity index (χ0v) is 15.3. The molecule has 0 radical (unpaired) electrons. The van der Waals surface area contributed by atoms with E-state index in [0.29, 0.717) is 30.2 Å². The SMILES string of the molecule is CN(C)c1ccc(CNC(=O)CCc2nc(-c3ccc(F)cc3)no2)cc1.